The van der Waals surface area contributed by atoms with Crippen molar-refractivity contribution in [2.24, 2.45) is 0 Å². The minimum Gasteiger partial charge on any atom is -0.466 e. The summed E-state index contributed by atoms with van der Waals surface area (Å²) in [5, 5.41) is 16.2. The molecule has 8 heteroatoms. The number of rotatable bonds is 7. The van der Waals surface area contributed by atoms with Crippen molar-refractivity contribution < 1.29 is 14.5 Å². The van der Waals surface area contributed by atoms with E-state index in [0.29, 0.717) is 24.2 Å². The quantitative estimate of drug-likeness (QED) is 0.362. The third-order valence-corrected chi connectivity index (χ3v) is 3.65. The topological polar surface area (TPSA) is 94.4 Å². The summed E-state index contributed by atoms with van der Waals surface area (Å²) in [5.41, 5.74) is 3.63. The first-order chi connectivity index (χ1) is 11.1. The second-order valence-electron chi connectivity index (χ2n) is 4.55. The number of esters is 1. The van der Waals surface area contributed by atoms with Crippen LogP contribution in [0.2, 0.25) is 0 Å². The van der Waals surface area contributed by atoms with Gasteiger partial charge in [-0.05, 0) is 17.7 Å². The Morgan fingerprint density at radius 3 is 3.00 bits per heavy atom. The number of carbonyl (C=O) groups is 1. The van der Waals surface area contributed by atoms with E-state index in [1.165, 1.54) is 36.7 Å². The van der Waals surface area contributed by atoms with Crippen molar-refractivity contribution in [1.82, 2.24) is 4.98 Å². The first-order valence-corrected chi connectivity index (χ1v) is 7.70. The van der Waals surface area contributed by atoms with Crippen LogP contribution in [-0.4, -0.2) is 29.5 Å². The van der Waals surface area contributed by atoms with Gasteiger partial charge in [-0.1, -0.05) is 6.07 Å². The van der Waals surface area contributed by atoms with Gasteiger partial charge in [-0.3, -0.25) is 10.1 Å². The summed E-state index contributed by atoms with van der Waals surface area (Å²) in [6, 6.07) is 4.72. The molecule has 0 aliphatic rings. The Labute approximate surface area is 136 Å². The van der Waals surface area contributed by atoms with E-state index in [-0.39, 0.29) is 5.69 Å². The molecule has 2 rings (SSSR count). The number of anilines is 1. The highest BCUT2D eigenvalue weighted by Gasteiger charge is 2.13. The Balaban J connectivity index is 2.08. The summed E-state index contributed by atoms with van der Waals surface area (Å²) in [6.45, 7) is 0.544. The Morgan fingerprint density at radius 2 is 2.35 bits per heavy atom. The summed E-state index contributed by atoms with van der Waals surface area (Å²) in [6.07, 6.45) is 3.37. The molecule has 0 bridgehead atoms. The van der Waals surface area contributed by atoms with Crippen LogP contribution in [0, 0.1) is 10.1 Å². The molecular weight excluding hydrogens is 318 g/mol. The predicted octanol–water partition coefficient (Wildman–Crippen LogP) is 2.89. The Kier molecular flexibility index (Phi) is 5.81. The highest BCUT2D eigenvalue weighted by molar-refractivity contribution is 7.07. The lowest BCUT2D eigenvalue weighted by atomic mass is 10.1. The number of hydrogen-bond acceptors (Lipinski definition) is 7. The smallest absolute Gasteiger partial charge is 0.330 e. The van der Waals surface area contributed by atoms with Gasteiger partial charge < -0.3 is 10.1 Å². The van der Waals surface area contributed by atoms with Crippen molar-refractivity contribution in [3.8, 4) is 0 Å². The number of thiazole rings is 1. The van der Waals surface area contributed by atoms with E-state index >= 15 is 0 Å². The SMILES string of the molecule is COC(=O)/C=C/c1ccc(NCCc2cscn2)c([N+](=O)[O-])c1. The molecule has 0 saturated carbocycles. The van der Waals surface area contributed by atoms with Gasteiger partial charge in [-0.2, -0.15) is 0 Å². The van der Waals surface area contributed by atoms with Crippen LogP contribution in [0.5, 0.6) is 0 Å². The van der Waals surface area contributed by atoms with Crippen molar-refractivity contribution in [3.05, 3.63) is 56.5 Å². The molecular formula is C15H15N3O4S. The van der Waals surface area contributed by atoms with E-state index in [1.807, 2.05) is 5.38 Å². The number of benzene rings is 1. The van der Waals surface area contributed by atoms with Gasteiger partial charge in [0.25, 0.3) is 5.69 Å². The molecule has 1 N–H and O–H groups in total. The summed E-state index contributed by atoms with van der Waals surface area (Å²) in [4.78, 5) is 26.0. The number of carbonyl (C=O) groups excluding carboxylic acids is 1. The van der Waals surface area contributed by atoms with Gasteiger partial charge in [-0.25, -0.2) is 9.78 Å². The van der Waals surface area contributed by atoms with Crippen LogP contribution in [0.4, 0.5) is 11.4 Å². The van der Waals surface area contributed by atoms with Crippen LogP contribution in [0.25, 0.3) is 6.08 Å². The second-order valence-corrected chi connectivity index (χ2v) is 5.27. The molecule has 1 aromatic carbocycles. The molecule has 1 aromatic heterocycles. The van der Waals surface area contributed by atoms with Crippen LogP contribution in [-0.2, 0) is 16.0 Å². The standard InChI is InChI=1S/C15H15N3O4S/c1-22-15(19)5-3-11-2-4-13(14(8-11)18(20)21)16-7-6-12-9-23-10-17-12/h2-5,8-10,16H,6-7H2,1H3/b5-3+. The summed E-state index contributed by atoms with van der Waals surface area (Å²) in [7, 11) is 1.27. The van der Waals surface area contributed by atoms with Crippen LogP contribution in [0.1, 0.15) is 11.3 Å². The van der Waals surface area contributed by atoms with Crippen molar-refractivity contribution >= 4 is 34.8 Å². The zero-order valence-electron chi connectivity index (χ0n) is 12.4. The molecule has 0 aliphatic carbocycles. The van der Waals surface area contributed by atoms with Gasteiger partial charge in [-0.15, -0.1) is 11.3 Å². The zero-order valence-corrected chi connectivity index (χ0v) is 13.2. The van der Waals surface area contributed by atoms with E-state index in [2.05, 4.69) is 15.0 Å². The van der Waals surface area contributed by atoms with Crippen molar-refractivity contribution in [2.45, 2.75) is 6.42 Å². The van der Waals surface area contributed by atoms with E-state index in [4.69, 9.17) is 0 Å². The number of nitrogens with one attached hydrogen (secondary N) is 1. The number of nitrogens with zero attached hydrogens (tertiary/aromatic N) is 2. The number of ether oxygens (including phenoxy) is 1. The number of nitro benzene ring substituents is 1. The minimum atomic E-state index is -0.516. The molecule has 0 aliphatic heterocycles. The largest absolute Gasteiger partial charge is 0.466 e. The van der Waals surface area contributed by atoms with Crippen molar-refractivity contribution in [3.63, 3.8) is 0 Å². The van der Waals surface area contributed by atoms with Gasteiger partial charge in [0.05, 0.1) is 23.2 Å². The molecule has 120 valence electrons. The van der Waals surface area contributed by atoms with Crippen molar-refractivity contribution in [2.75, 3.05) is 19.0 Å². The van der Waals surface area contributed by atoms with Crippen LogP contribution in [0.15, 0.2) is 35.2 Å². The number of nitro groups is 1. The summed E-state index contributed by atoms with van der Waals surface area (Å²) < 4.78 is 4.48. The Morgan fingerprint density at radius 1 is 1.52 bits per heavy atom. The number of aromatic nitrogens is 1. The summed E-state index contributed by atoms with van der Waals surface area (Å²) >= 11 is 1.51. The van der Waals surface area contributed by atoms with E-state index in [1.54, 1.807) is 17.6 Å². The Hall–Kier alpha value is -2.74. The first kappa shape index (κ1) is 16.6. The van der Waals surface area contributed by atoms with Crippen molar-refractivity contribution in [1.29, 1.82) is 0 Å². The van der Waals surface area contributed by atoms with E-state index in [9.17, 15) is 14.9 Å². The third-order valence-electron chi connectivity index (χ3n) is 3.01. The fraction of sp³-hybridized carbons (Fsp3) is 0.200. The highest BCUT2D eigenvalue weighted by atomic mass is 32.1. The van der Waals surface area contributed by atoms with Gasteiger partial charge in [0.1, 0.15) is 5.69 Å². The molecule has 0 amide bonds. The van der Waals surface area contributed by atoms with Crippen LogP contribution in [0.3, 0.4) is 0 Å². The highest BCUT2D eigenvalue weighted by Crippen LogP contribution is 2.26. The molecule has 0 saturated heterocycles. The lowest BCUT2D eigenvalue weighted by Gasteiger charge is -2.07. The van der Waals surface area contributed by atoms with E-state index < -0.39 is 10.9 Å². The molecule has 0 radical (unpaired) electrons. The predicted molar refractivity (Wildman–Crippen MR) is 88.5 cm³/mol. The molecule has 7 nitrogen and oxygen atoms in total. The fourth-order valence-corrected chi connectivity index (χ4v) is 2.46. The number of hydrogen-bond donors (Lipinski definition) is 1. The normalized spacial score (nSPS) is 10.7. The van der Waals surface area contributed by atoms with Gasteiger partial charge >= 0.3 is 5.97 Å². The van der Waals surface area contributed by atoms with Gasteiger partial charge in [0, 0.05) is 30.5 Å². The maximum atomic E-state index is 11.2. The van der Waals surface area contributed by atoms with Crippen LogP contribution < -0.4 is 5.32 Å². The molecule has 0 unspecified atom stereocenters. The zero-order chi connectivity index (χ0) is 16.7. The maximum Gasteiger partial charge on any atom is 0.330 e. The summed E-state index contributed by atoms with van der Waals surface area (Å²) in [5.74, 6) is -0.516. The maximum absolute atomic E-state index is 11.2. The van der Waals surface area contributed by atoms with E-state index in [0.717, 1.165) is 5.69 Å². The molecule has 0 atom stereocenters. The second kappa shape index (κ2) is 8.04. The fourth-order valence-electron chi connectivity index (χ4n) is 1.87. The molecule has 1 heterocycles. The average Bonchev–Trinajstić information content (AvgIpc) is 3.06. The van der Waals surface area contributed by atoms with Crippen LogP contribution >= 0.6 is 11.3 Å². The lowest BCUT2D eigenvalue weighted by Crippen LogP contribution is -2.07. The molecule has 2 aromatic rings. The lowest BCUT2D eigenvalue weighted by molar-refractivity contribution is -0.384. The van der Waals surface area contributed by atoms with Gasteiger partial charge in [0.15, 0.2) is 0 Å². The first-order valence-electron chi connectivity index (χ1n) is 6.75. The molecule has 0 fully saturated rings. The number of methoxy groups -OCH3 is 1. The third kappa shape index (κ3) is 4.89. The molecule has 23 heavy (non-hydrogen) atoms. The molecule has 0 spiro atoms. The Bertz CT molecular complexity index is 714. The minimum absolute atomic E-state index is 0.0460. The van der Waals surface area contributed by atoms with Gasteiger partial charge in [0.2, 0.25) is 0 Å². The monoisotopic (exact) mass is 333 g/mol. The average molecular weight is 333 g/mol.